The van der Waals surface area contributed by atoms with Crippen LogP contribution in [0.5, 0.6) is 0 Å². The largest absolute Gasteiger partial charge is 0.469 e. The van der Waals surface area contributed by atoms with Crippen LogP contribution in [0.3, 0.4) is 0 Å². The first-order valence-electron chi connectivity index (χ1n) is 6.27. The number of carbonyl (C=O) groups excluding carboxylic acids is 1. The number of nitrogens with zero attached hydrogens (tertiary/aromatic N) is 4. The van der Waals surface area contributed by atoms with Crippen molar-refractivity contribution in [2.75, 3.05) is 25.1 Å². The van der Waals surface area contributed by atoms with Crippen molar-refractivity contribution in [1.29, 1.82) is 5.26 Å². The van der Waals surface area contributed by atoms with Gasteiger partial charge in [-0.15, -0.1) is 0 Å². The Balaban J connectivity index is 2.13. The van der Waals surface area contributed by atoms with Gasteiger partial charge < -0.3 is 9.64 Å². The van der Waals surface area contributed by atoms with Gasteiger partial charge in [0.15, 0.2) is 0 Å². The minimum absolute atomic E-state index is 0.0215. The number of nitriles is 1. The van der Waals surface area contributed by atoms with Crippen LogP contribution in [0.15, 0.2) is 6.20 Å². The smallest absolute Gasteiger partial charge is 0.311 e. The highest BCUT2D eigenvalue weighted by Gasteiger charge is 2.36. The van der Waals surface area contributed by atoms with E-state index in [1.54, 1.807) is 18.0 Å². The highest BCUT2D eigenvalue weighted by atomic mass is 19.1. The van der Waals surface area contributed by atoms with Crippen molar-refractivity contribution in [3.8, 4) is 6.07 Å². The molecule has 20 heavy (non-hydrogen) atoms. The third-order valence-corrected chi connectivity index (χ3v) is 3.39. The Labute approximate surface area is 116 Å². The fourth-order valence-electron chi connectivity index (χ4n) is 2.20. The number of hydrogen-bond acceptors (Lipinski definition) is 6. The van der Waals surface area contributed by atoms with E-state index in [-0.39, 0.29) is 12.2 Å². The fraction of sp³-hybridized carbons (Fsp3) is 0.538. The summed E-state index contributed by atoms with van der Waals surface area (Å²) in [5.41, 5.74) is 0.956. The normalized spacial score (nSPS) is 22.2. The molecule has 0 aromatic carbocycles. The number of aromatic nitrogens is 2. The number of hydrogen-bond donors (Lipinski definition) is 0. The highest BCUT2D eigenvalue weighted by molar-refractivity contribution is 5.73. The van der Waals surface area contributed by atoms with E-state index in [1.165, 1.54) is 7.11 Å². The van der Waals surface area contributed by atoms with Crippen molar-refractivity contribution in [2.45, 2.75) is 19.5 Å². The Hall–Kier alpha value is -2.23. The molecule has 6 nitrogen and oxygen atoms in total. The number of anilines is 1. The number of rotatable bonds is 2. The van der Waals surface area contributed by atoms with Crippen LogP contribution < -0.4 is 4.90 Å². The Kier molecular flexibility index (Phi) is 4.13. The molecule has 2 heterocycles. The van der Waals surface area contributed by atoms with E-state index in [4.69, 9.17) is 5.26 Å². The molecule has 0 saturated carbocycles. The maximum Gasteiger partial charge on any atom is 0.311 e. The van der Waals surface area contributed by atoms with Gasteiger partial charge in [-0.05, 0) is 13.3 Å². The van der Waals surface area contributed by atoms with Gasteiger partial charge in [0.25, 0.3) is 0 Å². The molecule has 1 aromatic heterocycles. The standard InChI is InChI=1S/C13H15FN4O2/c1-8-6-16-13(17-11(8)5-15)18-4-3-9(10(14)7-18)12(19)20-2/h6,9-10H,3-4,7H2,1-2H3/t9-,10-/m1/s1. The van der Waals surface area contributed by atoms with E-state index in [0.29, 0.717) is 24.5 Å². The van der Waals surface area contributed by atoms with Crippen LogP contribution in [0.2, 0.25) is 0 Å². The van der Waals surface area contributed by atoms with Crippen molar-refractivity contribution in [3.05, 3.63) is 17.5 Å². The van der Waals surface area contributed by atoms with Gasteiger partial charge in [-0.25, -0.2) is 14.4 Å². The lowest BCUT2D eigenvalue weighted by Gasteiger charge is -2.33. The molecule has 1 fully saturated rings. The van der Waals surface area contributed by atoms with E-state index >= 15 is 0 Å². The topological polar surface area (TPSA) is 79.1 Å². The van der Waals surface area contributed by atoms with Gasteiger partial charge in [-0.3, -0.25) is 4.79 Å². The summed E-state index contributed by atoms with van der Waals surface area (Å²) in [6, 6.07) is 1.98. The van der Waals surface area contributed by atoms with E-state index in [0.717, 1.165) is 0 Å². The molecule has 0 bridgehead atoms. The lowest BCUT2D eigenvalue weighted by atomic mass is 9.95. The number of esters is 1. The van der Waals surface area contributed by atoms with Gasteiger partial charge in [0.2, 0.25) is 5.95 Å². The quantitative estimate of drug-likeness (QED) is 0.751. The van der Waals surface area contributed by atoms with Crippen LogP contribution in [-0.2, 0) is 9.53 Å². The highest BCUT2D eigenvalue weighted by Crippen LogP contribution is 2.24. The molecule has 1 aromatic rings. The van der Waals surface area contributed by atoms with Crippen LogP contribution in [0.25, 0.3) is 0 Å². The summed E-state index contributed by atoms with van der Waals surface area (Å²) < 4.78 is 18.6. The summed E-state index contributed by atoms with van der Waals surface area (Å²) in [6.07, 6.45) is 0.555. The predicted molar refractivity (Wildman–Crippen MR) is 68.7 cm³/mol. The minimum Gasteiger partial charge on any atom is -0.469 e. The van der Waals surface area contributed by atoms with Gasteiger partial charge in [-0.2, -0.15) is 5.26 Å². The molecule has 1 saturated heterocycles. The van der Waals surface area contributed by atoms with E-state index in [1.807, 2.05) is 6.07 Å². The molecule has 0 N–H and O–H groups in total. The van der Waals surface area contributed by atoms with Gasteiger partial charge in [0.05, 0.1) is 19.6 Å². The fourth-order valence-corrected chi connectivity index (χ4v) is 2.20. The maximum atomic E-state index is 14.0. The van der Waals surface area contributed by atoms with Crippen molar-refractivity contribution in [1.82, 2.24) is 9.97 Å². The number of alkyl halides is 1. The lowest BCUT2D eigenvalue weighted by molar-refractivity contribution is -0.148. The summed E-state index contributed by atoms with van der Waals surface area (Å²) >= 11 is 0. The summed E-state index contributed by atoms with van der Waals surface area (Å²) in [4.78, 5) is 21.3. The van der Waals surface area contributed by atoms with Crippen molar-refractivity contribution >= 4 is 11.9 Å². The molecule has 2 rings (SSSR count). The third-order valence-electron chi connectivity index (χ3n) is 3.39. The van der Waals surface area contributed by atoms with Crippen LogP contribution >= 0.6 is 0 Å². The molecular weight excluding hydrogens is 263 g/mol. The second-order valence-corrected chi connectivity index (χ2v) is 4.69. The number of piperidine rings is 1. The molecule has 0 unspecified atom stereocenters. The van der Waals surface area contributed by atoms with E-state index in [9.17, 15) is 9.18 Å². The Bertz CT molecular complexity index is 558. The van der Waals surface area contributed by atoms with Crippen LogP contribution in [0, 0.1) is 24.2 Å². The maximum absolute atomic E-state index is 14.0. The first kappa shape index (κ1) is 14.2. The molecule has 0 aliphatic carbocycles. The van der Waals surface area contributed by atoms with Crippen molar-refractivity contribution in [2.24, 2.45) is 5.92 Å². The molecular formula is C13H15FN4O2. The first-order valence-corrected chi connectivity index (χ1v) is 6.27. The van der Waals surface area contributed by atoms with Crippen molar-refractivity contribution in [3.63, 3.8) is 0 Å². The number of aryl methyl sites for hydroxylation is 1. The summed E-state index contributed by atoms with van der Waals surface area (Å²) in [5, 5.41) is 8.95. The average molecular weight is 278 g/mol. The molecule has 106 valence electrons. The summed E-state index contributed by atoms with van der Waals surface area (Å²) in [5.74, 6) is -0.949. The molecule has 1 aliphatic heterocycles. The van der Waals surface area contributed by atoms with Crippen molar-refractivity contribution < 1.29 is 13.9 Å². The molecule has 0 spiro atoms. The zero-order valence-corrected chi connectivity index (χ0v) is 11.3. The zero-order valence-electron chi connectivity index (χ0n) is 11.3. The molecule has 1 aliphatic rings. The number of carbonyl (C=O) groups is 1. The van der Waals surface area contributed by atoms with Gasteiger partial charge in [0.1, 0.15) is 17.9 Å². The summed E-state index contributed by atoms with van der Waals surface area (Å²) in [6.45, 7) is 2.21. The Morgan fingerprint density at radius 1 is 1.65 bits per heavy atom. The minimum atomic E-state index is -1.33. The van der Waals surface area contributed by atoms with Gasteiger partial charge in [-0.1, -0.05) is 0 Å². The zero-order chi connectivity index (χ0) is 14.7. The number of ether oxygens (including phenoxy) is 1. The molecule has 0 radical (unpaired) electrons. The molecule has 0 amide bonds. The van der Waals surface area contributed by atoms with Crippen LogP contribution in [-0.4, -0.2) is 42.3 Å². The second kappa shape index (κ2) is 5.82. The van der Waals surface area contributed by atoms with Crippen LogP contribution in [0.4, 0.5) is 10.3 Å². The third kappa shape index (κ3) is 2.69. The Morgan fingerprint density at radius 3 is 3.00 bits per heavy atom. The van der Waals surface area contributed by atoms with Gasteiger partial charge in [0, 0.05) is 18.3 Å². The summed E-state index contributed by atoms with van der Waals surface area (Å²) in [7, 11) is 1.25. The van der Waals surface area contributed by atoms with E-state index < -0.39 is 18.1 Å². The average Bonchev–Trinajstić information content (AvgIpc) is 2.47. The number of halogens is 1. The molecule has 7 heteroatoms. The Morgan fingerprint density at radius 2 is 2.40 bits per heavy atom. The second-order valence-electron chi connectivity index (χ2n) is 4.69. The predicted octanol–water partition coefficient (Wildman–Crippen LogP) is 0.994. The monoisotopic (exact) mass is 278 g/mol. The SMILES string of the molecule is COC(=O)[C@@H]1CCN(c2ncc(C)c(C#N)n2)C[C@H]1F. The van der Waals surface area contributed by atoms with E-state index in [2.05, 4.69) is 14.7 Å². The first-order chi connectivity index (χ1) is 9.56. The van der Waals surface area contributed by atoms with Crippen LogP contribution in [0.1, 0.15) is 17.7 Å². The number of methoxy groups -OCH3 is 1. The molecule has 2 atom stereocenters. The van der Waals surface area contributed by atoms with Gasteiger partial charge >= 0.3 is 5.97 Å². The lowest BCUT2D eigenvalue weighted by Crippen LogP contribution is -2.45.